The number of aromatic amines is 1. The van der Waals surface area contributed by atoms with E-state index in [1.807, 2.05) is 0 Å². The Morgan fingerprint density at radius 1 is 1.28 bits per heavy atom. The summed E-state index contributed by atoms with van der Waals surface area (Å²) in [6.07, 6.45) is 0. The Kier molecular flexibility index (Phi) is 2.63. The molecule has 8 heteroatoms. The van der Waals surface area contributed by atoms with E-state index in [-0.39, 0.29) is 21.4 Å². The van der Waals surface area contributed by atoms with E-state index in [1.54, 1.807) is 0 Å². The Morgan fingerprint density at radius 2 is 1.89 bits per heavy atom. The van der Waals surface area contributed by atoms with Gasteiger partial charge in [-0.15, -0.1) is 0 Å². The van der Waals surface area contributed by atoms with Crippen molar-refractivity contribution < 1.29 is 13.0 Å². The number of benzene rings is 1. The van der Waals surface area contributed by atoms with Crippen LogP contribution in [0.4, 0.5) is 0 Å². The topological polar surface area (TPSA) is 109 Å². The number of nitrogens with one attached hydrogen (secondary N) is 1. The van der Waals surface area contributed by atoms with Crippen LogP contribution >= 0.6 is 0 Å². The molecule has 2 N–H and O–H groups in total. The minimum atomic E-state index is -4.39. The summed E-state index contributed by atoms with van der Waals surface area (Å²) >= 11 is 0. The Morgan fingerprint density at radius 3 is 2.44 bits per heavy atom. The predicted molar refractivity (Wildman–Crippen MR) is 64.4 cm³/mol. The maximum Gasteiger partial charge on any atom is 0.328 e. The minimum Gasteiger partial charge on any atom is -0.307 e. The summed E-state index contributed by atoms with van der Waals surface area (Å²) in [5, 5.41) is 0.182. The van der Waals surface area contributed by atoms with Crippen LogP contribution in [0.1, 0.15) is 5.56 Å². The SMILES string of the molecule is Cc1cc2c(=O)n(C)c(=O)[nH]c2cc1S(=O)(=O)O. The van der Waals surface area contributed by atoms with Crippen LogP contribution in [0, 0.1) is 6.92 Å². The Labute approximate surface area is 101 Å². The number of H-pyrrole nitrogens is 1. The summed E-state index contributed by atoms with van der Waals surface area (Å²) in [4.78, 5) is 25.2. The number of rotatable bonds is 1. The molecule has 18 heavy (non-hydrogen) atoms. The van der Waals surface area contributed by atoms with E-state index in [0.29, 0.717) is 0 Å². The Balaban J connectivity index is 3.04. The summed E-state index contributed by atoms with van der Waals surface area (Å²) in [5.74, 6) is 0. The number of hydrogen-bond donors (Lipinski definition) is 2. The van der Waals surface area contributed by atoms with Gasteiger partial charge < -0.3 is 4.98 Å². The normalized spacial score (nSPS) is 11.9. The van der Waals surface area contributed by atoms with Gasteiger partial charge in [-0.25, -0.2) is 4.79 Å². The molecule has 0 radical (unpaired) electrons. The summed E-state index contributed by atoms with van der Waals surface area (Å²) < 4.78 is 32.1. The molecule has 0 saturated heterocycles. The number of hydrogen-bond acceptors (Lipinski definition) is 4. The zero-order valence-corrected chi connectivity index (χ0v) is 10.4. The second kappa shape index (κ2) is 3.79. The third-order valence-electron chi connectivity index (χ3n) is 2.67. The zero-order chi connectivity index (χ0) is 13.7. The monoisotopic (exact) mass is 270 g/mol. The second-order valence-corrected chi connectivity index (χ2v) is 5.32. The Bertz CT molecular complexity index is 860. The van der Waals surface area contributed by atoms with Crippen LogP contribution in [0.15, 0.2) is 26.6 Å². The molecule has 1 aromatic heterocycles. The van der Waals surface area contributed by atoms with Crippen LogP contribution in [0.3, 0.4) is 0 Å². The van der Waals surface area contributed by atoms with Gasteiger partial charge in [-0.2, -0.15) is 8.42 Å². The molecule has 7 nitrogen and oxygen atoms in total. The van der Waals surface area contributed by atoms with Crippen molar-refractivity contribution in [1.29, 1.82) is 0 Å². The van der Waals surface area contributed by atoms with Crippen LogP contribution in [0.25, 0.3) is 10.9 Å². The van der Waals surface area contributed by atoms with Crippen molar-refractivity contribution >= 4 is 21.0 Å². The van der Waals surface area contributed by atoms with Crippen LogP contribution in [0.2, 0.25) is 0 Å². The van der Waals surface area contributed by atoms with Crippen LogP contribution in [0.5, 0.6) is 0 Å². The van der Waals surface area contributed by atoms with E-state index in [2.05, 4.69) is 4.98 Å². The van der Waals surface area contributed by atoms with Gasteiger partial charge in [0, 0.05) is 7.05 Å². The highest BCUT2D eigenvalue weighted by Gasteiger charge is 2.16. The van der Waals surface area contributed by atoms with Crippen LogP contribution in [-0.2, 0) is 17.2 Å². The van der Waals surface area contributed by atoms with Crippen molar-refractivity contribution in [3.63, 3.8) is 0 Å². The first-order valence-electron chi connectivity index (χ1n) is 4.93. The molecule has 0 bridgehead atoms. The molecule has 1 aromatic carbocycles. The molecule has 1 heterocycles. The summed E-state index contributed by atoms with van der Waals surface area (Å²) in [5.41, 5.74) is -0.883. The molecule has 96 valence electrons. The lowest BCUT2D eigenvalue weighted by Gasteiger charge is -2.06. The number of aryl methyl sites for hydroxylation is 1. The van der Waals surface area contributed by atoms with E-state index >= 15 is 0 Å². The molecule has 0 aliphatic rings. The summed E-state index contributed by atoms with van der Waals surface area (Å²) in [7, 11) is -3.08. The van der Waals surface area contributed by atoms with E-state index in [4.69, 9.17) is 4.55 Å². The average molecular weight is 270 g/mol. The molecular formula is C10H10N2O5S. The van der Waals surface area contributed by atoms with Gasteiger partial charge in [0.2, 0.25) is 0 Å². The quantitative estimate of drug-likeness (QED) is 0.696. The zero-order valence-electron chi connectivity index (χ0n) is 9.59. The van der Waals surface area contributed by atoms with Gasteiger partial charge in [-0.3, -0.25) is 13.9 Å². The van der Waals surface area contributed by atoms with Crippen LogP contribution < -0.4 is 11.2 Å². The lowest BCUT2D eigenvalue weighted by Crippen LogP contribution is -2.32. The van der Waals surface area contributed by atoms with Gasteiger partial charge in [0.05, 0.1) is 15.8 Å². The number of aromatic nitrogens is 2. The van der Waals surface area contributed by atoms with E-state index in [9.17, 15) is 18.0 Å². The van der Waals surface area contributed by atoms with Gasteiger partial charge in [-0.1, -0.05) is 0 Å². The molecule has 0 aliphatic carbocycles. The first-order valence-corrected chi connectivity index (χ1v) is 6.37. The fourth-order valence-electron chi connectivity index (χ4n) is 1.72. The standard InChI is InChI=1S/C10H10N2O5S/c1-5-3-6-7(4-8(5)18(15,16)17)11-10(14)12(2)9(6)13/h3-4H,1-2H3,(H,11,14)(H,15,16,17). The maximum absolute atomic E-state index is 11.8. The molecule has 0 aliphatic heterocycles. The van der Waals surface area contributed by atoms with Gasteiger partial charge in [0.15, 0.2) is 0 Å². The molecule has 0 unspecified atom stereocenters. The van der Waals surface area contributed by atoms with Crippen molar-refractivity contribution in [2.45, 2.75) is 11.8 Å². The summed E-state index contributed by atoms with van der Waals surface area (Å²) in [6, 6.07) is 2.39. The first kappa shape index (κ1) is 12.5. The predicted octanol–water partition coefficient (Wildman–Crippen LogP) is -0.218. The lowest BCUT2D eigenvalue weighted by molar-refractivity contribution is 0.482. The summed E-state index contributed by atoms with van der Waals surface area (Å²) in [6.45, 7) is 1.45. The van der Waals surface area contributed by atoms with Gasteiger partial charge in [-0.05, 0) is 24.6 Å². The fraction of sp³-hybridized carbons (Fsp3) is 0.200. The number of fused-ring (bicyclic) bond motifs is 1. The van der Waals surface area contributed by atoms with Crippen molar-refractivity contribution in [1.82, 2.24) is 9.55 Å². The lowest BCUT2D eigenvalue weighted by atomic mass is 10.1. The molecular weight excluding hydrogens is 260 g/mol. The van der Waals surface area contributed by atoms with E-state index in [1.165, 1.54) is 20.0 Å². The molecule has 2 aromatic rings. The van der Waals surface area contributed by atoms with Gasteiger partial charge in [0.25, 0.3) is 15.7 Å². The number of nitrogens with zero attached hydrogens (tertiary/aromatic N) is 1. The van der Waals surface area contributed by atoms with E-state index in [0.717, 1.165) is 10.6 Å². The molecule has 0 atom stereocenters. The fourth-order valence-corrected chi connectivity index (χ4v) is 2.45. The van der Waals surface area contributed by atoms with Crippen LogP contribution in [-0.4, -0.2) is 22.5 Å². The third-order valence-corrected chi connectivity index (χ3v) is 3.67. The average Bonchev–Trinajstić information content (AvgIpc) is 2.25. The molecule has 2 rings (SSSR count). The van der Waals surface area contributed by atoms with Gasteiger partial charge >= 0.3 is 5.69 Å². The van der Waals surface area contributed by atoms with Gasteiger partial charge in [0.1, 0.15) is 0 Å². The van der Waals surface area contributed by atoms with Crippen molar-refractivity contribution in [2.24, 2.45) is 7.05 Å². The second-order valence-electron chi connectivity index (χ2n) is 3.93. The smallest absolute Gasteiger partial charge is 0.307 e. The molecule has 0 fully saturated rings. The molecule has 0 amide bonds. The maximum atomic E-state index is 11.8. The highest BCUT2D eigenvalue weighted by Crippen LogP contribution is 2.19. The third kappa shape index (κ3) is 1.85. The molecule has 0 spiro atoms. The first-order chi connectivity index (χ1) is 8.21. The van der Waals surface area contributed by atoms with Crippen molar-refractivity contribution in [3.05, 3.63) is 38.5 Å². The minimum absolute atomic E-state index is 0.0707. The highest BCUT2D eigenvalue weighted by atomic mass is 32.2. The Hall–Kier alpha value is -1.93. The largest absolute Gasteiger partial charge is 0.328 e. The van der Waals surface area contributed by atoms with E-state index < -0.39 is 21.4 Å². The van der Waals surface area contributed by atoms with Crippen molar-refractivity contribution in [3.8, 4) is 0 Å². The van der Waals surface area contributed by atoms with Crippen molar-refractivity contribution in [2.75, 3.05) is 0 Å². The molecule has 0 saturated carbocycles. The highest BCUT2D eigenvalue weighted by molar-refractivity contribution is 7.85.